The van der Waals surface area contributed by atoms with Gasteiger partial charge in [0.05, 0.1) is 23.5 Å². The number of benzene rings is 1. The summed E-state index contributed by atoms with van der Waals surface area (Å²) in [5.74, 6) is 1.19. The van der Waals surface area contributed by atoms with Crippen LogP contribution in [-0.2, 0) is 0 Å². The van der Waals surface area contributed by atoms with Crippen LogP contribution in [0.25, 0.3) is 33.2 Å². The third-order valence-corrected chi connectivity index (χ3v) is 5.41. The Morgan fingerprint density at radius 3 is 2.68 bits per heavy atom. The third kappa shape index (κ3) is 3.02. The molecule has 0 amide bonds. The number of H-pyrrole nitrogens is 1. The highest BCUT2D eigenvalue weighted by Gasteiger charge is 2.19. The van der Waals surface area contributed by atoms with E-state index >= 15 is 0 Å². The summed E-state index contributed by atoms with van der Waals surface area (Å²) in [6.07, 6.45) is 11.5. The summed E-state index contributed by atoms with van der Waals surface area (Å²) in [6, 6.07) is 6.47. The maximum atomic E-state index is 5.63. The van der Waals surface area contributed by atoms with Crippen LogP contribution in [0.3, 0.4) is 0 Å². The van der Waals surface area contributed by atoms with Crippen molar-refractivity contribution < 1.29 is 4.74 Å². The molecule has 0 atom stereocenters. The van der Waals surface area contributed by atoms with Crippen LogP contribution in [0.4, 0.5) is 5.95 Å². The zero-order valence-electron chi connectivity index (χ0n) is 15.8. The molecule has 3 aromatic heterocycles. The number of ether oxygens (including phenoxy) is 1. The normalized spacial score (nSPS) is 15.2. The van der Waals surface area contributed by atoms with Crippen LogP contribution >= 0.6 is 0 Å². The van der Waals surface area contributed by atoms with Crippen molar-refractivity contribution in [1.82, 2.24) is 24.9 Å². The Labute approximate surface area is 162 Å². The molecule has 28 heavy (non-hydrogen) atoms. The number of hydrogen-bond donors (Lipinski definition) is 2. The van der Waals surface area contributed by atoms with Gasteiger partial charge in [0.1, 0.15) is 5.65 Å². The molecule has 0 unspecified atom stereocenters. The van der Waals surface area contributed by atoms with Crippen molar-refractivity contribution in [1.29, 1.82) is 0 Å². The van der Waals surface area contributed by atoms with E-state index in [4.69, 9.17) is 9.72 Å². The van der Waals surface area contributed by atoms with Gasteiger partial charge in [-0.3, -0.25) is 9.97 Å². The van der Waals surface area contributed by atoms with Gasteiger partial charge < -0.3 is 15.0 Å². The molecule has 0 saturated heterocycles. The Morgan fingerprint density at radius 2 is 1.86 bits per heavy atom. The molecule has 5 rings (SSSR count). The van der Waals surface area contributed by atoms with Gasteiger partial charge in [0.25, 0.3) is 0 Å². The lowest BCUT2D eigenvalue weighted by atomic mass is 9.96. The molecule has 2 N–H and O–H groups in total. The van der Waals surface area contributed by atoms with Crippen molar-refractivity contribution in [2.24, 2.45) is 0 Å². The molecule has 1 saturated carbocycles. The first-order chi connectivity index (χ1) is 13.8. The van der Waals surface area contributed by atoms with Crippen molar-refractivity contribution in [3.05, 3.63) is 36.8 Å². The molecule has 1 aliphatic carbocycles. The molecular formula is C21H22N6O. The van der Waals surface area contributed by atoms with Crippen LogP contribution in [0.2, 0.25) is 0 Å². The minimum absolute atomic E-state index is 0.435. The number of methoxy groups -OCH3 is 1. The van der Waals surface area contributed by atoms with Gasteiger partial charge >= 0.3 is 0 Å². The minimum Gasteiger partial charge on any atom is -0.480 e. The Morgan fingerprint density at radius 1 is 1.04 bits per heavy atom. The van der Waals surface area contributed by atoms with E-state index in [1.54, 1.807) is 19.5 Å². The summed E-state index contributed by atoms with van der Waals surface area (Å²) in [5, 5.41) is 4.36. The van der Waals surface area contributed by atoms with Gasteiger partial charge in [-0.25, -0.2) is 0 Å². The van der Waals surface area contributed by atoms with Crippen LogP contribution in [0.15, 0.2) is 36.8 Å². The summed E-state index contributed by atoms with van der Waals surface area (Å²) < 4.78 is 5.63. The third-order valence-electron chi connectivity index (χ3n) is 5.41. The van der Waals surface area contributed by atoms with Gasteiger partial charge in [-0.05, 0) is 30.5 Å². The first-order valence-corrected chi connectivity index (χ1v) is 9.72. The van der Waals surface area contributed by atoms with E-state index in [0.717, 1.165) is 46.0 Å². The van der Waals surface area contributed by atoms with Gasteiger partial charge in [0.15, 0.2) is 0 Å². The standard InChI is InChI=1S/C21H22N6O/c1-28-20-18-15(13-7-8-16-17(11-13)23-10-9-22-16)12-24-19(18)26-21(27-20)25-14-5-3-2-4-6-14/h7-12,14H,2-6H2,1H3,(H2,24,25,26,27). The number of hydrogen-bond acceptors (Lipinski definition) is 6. The molecule has 3 heterocycles. The van der Waals surface area contributed by atoms with Crippen LogP contribution in [0, 0.1) is 0 Å². The maximum absolute atomic E-state index is 5.63. The fourth-order valence-electron chi connectivity index (χ4n) is 4.00. The molecule has 1 aliphatic rings. The fourth-order valence-corrected chi connectivity index (χ4v) is 4.00. The highest BCUT2D eigenvalue weighted by molar-refractivity contribution is 5.99. The van der Waals surface area contributed by atoms with Gasteiger partial charge in [-0.1, -0.05) is 25.3 Å². The van der Waals surface area contributed by atoms with E-state index in [0.29, 0.717) is 17.9 Å². The largest absolute Gasteiger partial charge is 0.480 e. The average molecular weight is 374 g/mol. The summed E-state index contributed by atoms with van der Waals surface area (Å²) in [6.45, 7) is 0. The lowest BCUT2D eigenvalue weighted by Gasteiger charge is -2.22. The van der Waals surface area contributed by atoms with Crippen molar-refractivity contribution >= 4 is 28.0 Å². The number of aromatic amines is 1. The van der Waals surface area contributed by atoms with Crippen molar-refractivity contribution in [2.45, 2.75) is 38.1 Å². The molecule has 0 spiro atoms. The summed E-state index contributed by atoms with van der Waals surface area (Å²) in [5.41, 5.74) is 4.50. The van der Waals surface area contributed by atoms with Crippen LogP contribution in [-0.4, -0.2) is 38.1 Å². The lowest BCUT2D eigenvalue weighted by molar-refractivity contribution is 0.402. The zero-order chi connectivity index (χ0) is 18.9. The molecule has 7 nitrogen and oxygen atoms in total. The molecule has 0 bridgehead atoms. The first-order valence-electron chi connectivity index (χ1n) is 9.72. The fraction of sp³-hybridized carbons (Fsp3) is 0.333. The van der Waals surface area contributed by atoms with Gasteiger partial charge in [-0.2, -0.15) is 9.97 Å². The van der Waals surface area contributed by atoms with Crippen LogP contribution in [0.5, 0.6) is 5.88 Å². The van der Waals surface area contributed by atoms with Gasteiger partial charge in [-0.15, -0.1) is 0 Å². The minimum atomic E-state index is 0.435. The number of rotatable bonds is 4. The van der Waals surface area contributed by atoms with Gasteiger partial charge in [0.2, 0.25) is 11.8 Å². The molecule has 1 aromatic carbocycles. The second kappa shape index (κ2) is 7.07. The molecule has 4 aromatic rings. The van der Waals surface area contributed by atoms with E-state index in [1.165, 1.54) is 19.3 Å². The van der Waals surface area contributed by atoms with E-state index in [9.17, 15) is 0 Å². The number of anilines is 1. The predicted molar refractivity (Wildman–Crippen MR) is 109 cm³/mol. The summed E-state index contributed by atoms with van der Waals surface area (Å²) in [7, 11) is 1.65. The number of nitrogens with zero attached hydrogens (tertiary/aromatic N) is 4. The number of nitrogens with one attached hydrogen (secondary N) is 2. The predicted octanol–water partition coefficient (Wildman–Crippen LogP) is 4.32. The Bertz CT molecular complexity index is 1130. The highest BCUT2D eigenvalue weighted by Crippen LogP contribution is 2.35. The molecule has 1 fully saturated rings. The van der Waals surface area contributed by atoms with E-state index in [-0.39, 0.29) is 0 Å². The monoisotopic (exact) mass is 374 g/mol. The van der Waals surface area contributed by atoms with Crippen molar-refractivity contribution in [3.63, 3.8) is 0 Å². The van der Waals surface area contributed by atoms with E-state index in [2.05, 4.69) is 25.3 Å². The Hall–Kier alpha value is -3.22. The average Bonchev–Trinajstić information content (AvgIpc) is 3.17. The molecule has 7 heteroatoms. The SMILES string of the molecule is COc1nc(NC2CCCCC2)nc2[nH]cc(-c3ccc4nccnc4c3)c12. The van der Waals surface area contributed by atoms with Crippen molar-refractivity contribution in [2.75, 3.05) is 12.4 Å². The highest BCUT2D eigenvalue weighted by atomic mass is 16.5. The van der Waals surface area contributed by atoms with Crippen LogP contribution in [0.1, 0.15) is 32.1 Å². The Kier molecular flexibility index (Phi) is 4.27. The zero-order valence-corrected chi connectivity index (χ0v) is 15.8. The second-order valence-electron chi connectivity index (χ2n) is 7.22. The second-order valence-corrected chi connectivity index (χ2v) is 7.22. The summed E-state index contributed by atoms with van der Waals surface area (Å²) >= 11 is 0. The van der Waals surface area contributed by atoms with E-state index in [1.807, 2.05) is 24.4 Å². The van der Waals surface area contributed by atoms with Crippen LogP contribution < -0.4 is 10.1 Å². The Balaban J connectivity index is 1.56. The van der Waals surface area contributed by atoms with E-state index < -0.39 is 0 Å². The van der Waals surface area contributed by atoms with Crippen molar-refractivity contribution in [3.8, 4) is 17.0 Å². The molecule has 0 radical (unpaired) electrons. The lowest BCUT2D eigenvalue weighted by Crippen LogP contribution is -2.23. The van der Waals surface area contributed by atoms with Gasteiger partial charge in [0, 0.05) is 30.2 Å². The molecule has 0 aliphatic heterocycles. The smallest absolute Gasteiger partial charge is 0.228 e. The molecule has 142 valence electrons. The quantitative estimate of drug-likeness (QED) is 0.553. The summed E-state index contributed by atoms with van der Waals surface area (Å²) in [4.78, 5) is 21.4. The molecular weight excluding hydrogens is 352 g/mol. The number of aromatic nitrogens is 5. The number of fused-ring (bicyclic) bond motifs is 2. The topological polar surface area (TPSA) is 88.6 Å². The first kappa shape index (κ1) is 16.9. The maximum Gasteiger partial charge on any atom is 0.228 e.